The SMILES string of the molecule is CCC1CCC2(CC1)NC(=O)N(CC(=O)OC(C)C(=O)Nc1c(C)nn(C)c1C)C2=O. The molecular weight excluding hydrogens is 402 g/mol. The Balaban J connectivity index is 1.57. The maximum Gasteiger partial charge on any atom is 0.327 e. The molecule has 1 aliphatic heterocycles. The van der Waals surface area contributed by atoms with Crippen molar-refractivity contribution in [2.24, 2.45) is 13.0 Å². The number of amides is 4. The van der Waals surface area contributed by atoms with Gasteiger partial charge in [0.05, 0.1) is 17.1 Å². The lowest BCUT2D eigenvalue weighted by Crippen LogP contribution is -2.49. The predicted molar refractivity (Wildman–Crippen MR) is 112 cm³/mol. The molecule has 4 amide bonds. The van der Waals surface area contributed by atoms with Crippen LogP contribution in [0.5, 0.6) is 0 Å². The molecule has 10 nitrogen and oxygen atoms in total. The van der Waals surface area contributed by atoms with Crippen LogP contribution in [0.15, 0.2) is 0 Å². The van der Waals surface area contributed by atoms with E-state index in [1.165, 1.54) is 6.92 Å². The minimum atomic E-state index is -1.10. The van der Waals surface area contributed by atoms with E-state index >= 15 is 0 Å². The number of carbonyl (C=O) groups excluding carboxylic acids is 4. The Morgan fingerprint density at radius 1 is 1.29 bits per heavy atom. The number of nitrogens with one attached hydrogen (secondary N) is 2. The lowest BCUT2D eigenvalue weighted by molar-refractivity contribution is -0.155. The third-order valence-electron chi connectivity index (χ3n) is 6.50. The molecule has 1 spiro atoms. The minimum absolute atomic E-state index is 0.386. The van der Waals surface area contributed by atoms with Crippen molar-refractivity contribution < 1.29 is 23.9 Å². The van der Waals surface area contributed by atoms with Crippen LogP contribution in [-0.4, -0.2) is 56.7 Å². The van der Waals surface area contributed by atoms with Gasteiger partial charge in [0, 0.05) is 7.05 Å². The number of hydrogen-bond donors (Lipinski definition) is 2. The van der Waals surface area contributed by atoms with Gasteiger partial charge in [-0.2, -0.15) is 5.10 Å². The van der Waals surface area contributed by atoms with Crippen molar-refractivity contribution in [1.29, 1.82) is 0 Å². The highest BCUT2D eigenvalue weighted by Crippen LogP contribution is 2.37. The average molecular weight is 434 g/mol. The van der Waals surface area contributed by atoms with Gasteiger partial charge in [0.1, 0.15) is 12.1 Å². The largest absolute Gasteiger partial charge is 0.451 e. The quantitative estimate of drug-likeness (QED) is 0.521. The van der Waals surface area contributed by atoms with Crippen molar-refractivity contribution >= 4 is 29.5 Å². The van der Waals surface area contributed by atoms with E-state index in [0.717, 1.165) is 29.9 Å². The zero-order valence-electron chi connectivity index (χ0n) is 18.8. The minimum Gasteiger partial charge on any atom is -0.451 e. The van der Waals surface area contributed by atoms with Crippen LogP contribution in [0.4, 0.5) is 10.5 Å². The summed E-state index contributed by atoms with van der Waals surface area (Å²) < 4.78 is 6.83. The van der Waals surface area contributed by atoms with Gasteiger partial charge in [-0.3, -0.25) is 24.0 Å². The summed E-state index contributed by atoms with van der Waals surface area (Å²) in [4.78, 5) is 51.0. The van der Waals surface area contributed by atoms with E-state index in [-0.39, 0.29) is 5.91 Å². The molecule has 0 radical (unpaired) electrons. The standard InChI is InChI=1S/C21H31N5O5/c1-6-15-7-9-21(10-8-15)19(29)26(20(30)23-21)11-16(27)31-14(4)18(28)22-17-12(2)24-25(5)13(17)3/h14-15H,6-11H2,1-5H3,(H,22,28)(H,23,30). The van der Waals surface area contributed by atoms with Crippen molar-refractivity contribution in [3.05, 3.63) is 11.4 Å². The summed E-state index contributed by atoms with van der Waals surface area (Å²) in [6.07, 6.45) is 2.83. The second kappa shape index (κ2) is 8.68. The molecule has 0 aromatic carbocycles. The van der Waals surface area contributed by atoms with E-state index in [1.54, 1.807) is 18.7 Å². The third kappa shape index (κ3) is 4.42. The first-order chi connectivity index (χ1) is 14.6. The van der Waals surface area contributed by atoms with E-state index in [0.29, 0.717) is 30.1 Å². The van der Waals surface area contributed by atoms with Gasteiger partial charge in [0.15, 0.2) is 6.10 Å². The van der Waals surface area contributed by atoms with Crippen LogP contribution >= 0.6 is 0 Å². The van der Waals surface area contributed by atoms with E-state index < -0.39 is 36.1 Å². The van der Waals surface area contributed by atoms with Gasteiger partial charge in [-0.15, -0.1) is 0 Å². The molecule has 1 unspecified atom stereocenters. The van der Waals surface area contributed by atoms with Crippen molar-refractivity contribution in [2.45, 2.75) is 71.4 Å². The monoisotopic (exact) mass is 433 g/mol. The van der Waals surface area contributed by atoms with E-state index in [9.17, 15) is 19.2 Å². The second-order valence-electron chi connectivity index (χ2n) is 8.55. The Labute approximate surface area is 181 Å². The van der Waals surface area contributed by atoms with Gasteiger partial charge < -0.3 is 15.4 Å². The molecule has 0 bridgehead atoms. The number of urea groups is 1. The number of hydrogen-bond acceptors (Lipinski definition) is 6. The highest BCUT2D eigenvalue weighted by molar-refractivity contribution is 6.09. The van der Waals surface area contributed by atoms with Crippen molar-refractivity contribution in [1.82, 2.24) is 20.0 Å². The lowest BCUT2D eigenvalue weighted by atomic mass is 9.75. The van der Waals surface area contributed by atoms with Crippen LogP contribution in [0, 0.1) is 19.8 Å². The number of ether oxygens (including phenoxy) is 1. The van der Waals surface area contributed by atoms with E-state index in [4.69, 9.17) is 4.74 Å². The fraction of sp³-hybridized carbons (Fsp3) is 0.667. The molecule has 31 heavy (non-hydrogen) atoms. The molecule has 2 N–H and O–H groups in total. The summed E-state index contributed by atoms with van der Waals surface area (Å²) in [5.41, 5.74) is 1.07. The molecule has 170 valence electrons. The maximum atomic E-state index is 12.9. The van der Waals surface area contributed by atoms with Gasteiger partial charge in [0.2, 0.25) is 0 Å². The summed E-state index contributed by atoms with van der Waals surface area (Å²) in [6.45, 7) is 6.61. The van der Waals surface area contributed by atoms with E-state index in [2.05, 4.69) is 22.7 Å². The average Bonchev–Trinajstić information content (AvgIpc) is 3.09. The Bertz CT molecular complexity index is 900. The number of esters is 1. The Kier molecular flexibility index (Phi) is 6.38. The summed E-state index contributed by atoms with van der Waals surface area (Å²) in [6, 6.07) is -0.587. The molecular formula is C21H31N5O5. The van der Waals surface area contributed by atoms with Gasteiger partial charge in [-0.25, -0.2) is 4.79 Å². The van der Waals surface area contributed by atoms with Crippen molar-refractivity contribution in [3.63, 3.8) is 0 Å². The molecule has 1 aromatic rings. The molecule has 2 aliphatic rings. The fourth-order valence-corrected chi connectivity index (χ4v) is 4.33. The van der Waals surface area contributed by atoms with Crippen LogP contribution in [0.1, 0.15) is 57.3 Å². The molecule has 1 saturated carbocycles. The number of anilines is 1. The topological polar surface area (TPSA) is 123 Å². The Morgan fingerprint density at radius 2 is 1.94 bits per heavy atom. The van der Waals surface area contributed by atoms with Gasteiger partial charge in [-0.1, -0.05) is 13.3 Å². The fourth-order valence-electron chi connectivity index (χ4n) is 4.33. The molecule has 2 fully saturated rings. The highest BCUT2D eigenvalue weighted by atomic mass is 16.5. The molecule has 2 heterocycles. The van der Waals surface area contributed by atoms with Crippen LogP contribution in [0.3, 0.4) is 0 Å². The molecule has 1 atom stereocenters. The Hall–Kier alpha value is -2.91. The maximum absolute atomic E-state index is 12.9. The smallest absolute Gasteiger partial charge is 0.327 e. The first kappa shape index (κ1) is 22.8. The zero-order valence-corrected chi connectivity index (χ0v) is 18.8. The first-order valence-corrected chi connectivity index (χ1v) is 10.7. The predicted octanol–water partition coefficient (Wildman–Crippen LogP) is 1.80. The van der Waals surface area contributed by atoms with Gasteiger partial charge in [-0.05, 0) is 52.4 Å². The van der Waals surface area contributed by atoms with Gasteiger partial charge in [0.25, 0.3) is 11.8 Å². The van der Waals surface area contributed by atoms with Crippen LogP contribution < -0.4 is 10.6 Å². The number of rotatable bonds is 6. The molecule has 1 saturated heterocycles. The number of aromatic nitrogens is 2. The number of nitrogens with zero attached hydrogens (tertiary/aromatic N) is 3. The van der Waals surface area contributed by atoms with Crippen LogP contribution in [0.25, 0.3) is 0 Å². The number of imide groups is 1. The molecule has 10 heteroatoms. The third-order valence-corrected chi connectivity index (χ3v) is 6.50. The molecule has 3 rings (SSSR count). The number of carbonyl (C=O) groups is 4. The summed E-state index contributed by atoms with van der Waals surface area (Å²) >= 11 is 0. The highest BCUT2D eigenvalue weighted by Gasteiger charge is 2.52. The van der Waals surface area contributed by atoms with Crippen LogP contribution in [0.2, 0.25) is 0 Å². The summed E-state index contributed by atoms with van der Waals surface area (Å²) in [5.74, 6) is -1.16. The number of aryl methyl sites for hydroxylation is 2. The lowest BCUT2D eigenvalue weighted by Gasteiger charge is -2.34. The van der Waals surface area contributed by atoms with Crippen LogP contribution in [-0.2, 0) is 26.2 Å². The normalized spacial score (nSPS) is 24.3. The van der Waals surface area contributed by atoms with E-state index in [1.807, 2.05) is 6.92 Å². The second-order valence-corrected chi connectivity index (χ2v) is 8.55. The Morgan fingerprint density at radius 3 is 2.48 bits per heavy atom. The van der Waals surface area contributed by atoms with Crippen molar-refractivity contribution in [2.75, 3.05) is 11.9 Å². The first-order valence-electron chi connectivity index (χ1n) is 10.7. The summed E-state index contributed by atoms with van der Waals surface area (Å²) in [7, 11) is 1.76. The van der Waals surface area contributed by atoms with Gasteiger partial charge >= 0.3 is 12.0 Å². The zero-order chi connectivity index (χ0) is 22.9. The molecule has 1 aliphatic carbocycles. The summed E-state index contributed by atoms with van der Waals surface area (Å²) in [5, 5.41) is 9.72. The van der Waals surface area contributed by atoms with Crippen molar-refractivity contribution in [3.8, 4) is 0 Å². The molecule has 1 aromatic heterocycles.